The van der Waals surface area contributed by atoms with Crippen molar-refractivity contribution in [2.45, 2.75) is 19.0 Å². The second-order valence-electron chi connectivity index (χ2n) is 3.86. The molecule has 0 aliphatic heterocycles. The Kier molecular flexibility index (Phi) is 4.91. The van der Waals surface area contributed by atoms with Gasteiger partial charge in [-0.1, -0.05) is 12.1 Å². The van der Waals surface area contributed by atoms with Crippen molar-refractivity contribution >= 4 is 11.9 Å². The molecule has 0 saturated carbocycles. The summed E-state index contributed by atoms with van der Waals surface area (Å²) in [6, 6.07) is 6.03. The molecule has 0 aliphatic rings. The Bertz CT molecular complexity index is 454. The Labute approximate surface area is 107 Å². The van der Waals surface area contributed by atoms with E-state index >= 15 is 0 Å². The number of rotatable bonds is 5. The van der Waals surface area contributed by atoms with Crippen molar-refractivity contribution in [3.05, 3.63) is 35.4 Å². The third-order valence-electron chi connectivity index (χ3n) is 2.39. The van der Waals surface area contributed by atoms with Crippen LogP contribution < -0.4 is 5.32 Å². The van der Waals surface area contributed by atoms with Gasteiger partial charge in [0.05, 0.1) is 5.56 Å². The average Bonchev–Trinajstić information content (AvgIpc) is 2.33. The number of hydrogen-bond acceptors (Lipinski definition) is 2. The number of halogens is 3. The van der Waals surface area contributed by atoms with E-state index in [9.17, 15) is 22.8 Å². The number of aryl methyl sites for hydroxylation is 1. The molecule has 0 atom stereocenters. The molecule has 104 valence electrons. The van der Waals surface area contributed by atoms with Gasteiger partial charge in [0, 0.05) is 6.54 Å². The van der Waals surface area contributed by atoms with Crippen LogP contribution in [0.1, 0.15) is 22.3 Å². The highest BCUT2D eigenvalue weighted by Crippen LogP contribution is 2.14. The summed E-state index contributed by atoms with van der Waals surface area (Å²) in [5.74, 6) is -2.99. The van der Waals surface area contributed by atoms with Crippen LogP contribution in [0.4, 0.5) is 13.2 Å². The maximum atomic E-state index is 11.9. The lowest BCUT2D eigenvalue weighted by atomic mass is 10.1. The van der Waals surface area contributed by atoms with Crippen molar-refractivity contribution in [3.8, 4) is 0 Å². The number of alkyl halides is 3. The van der Waals surface area contributed by atoms with Crippen molar-refractivity contribution in [1.29, 1.82) is 0 Å². The summed E-state index contributed by atoms with van der Waals surface area (Å²) in [4.78, 5) is 21.1. The SMILES string of the molecule is O=C(O)c1ccc(CCCNC(=O)C(F)(F)F)cc1. The first-order valence-corrected chi connectivity index (χ1v) is 5.48. The van der Waals surface area contributed by atoms with Crippen molar-refractivity contribution in [2.75, 3.05) is 6.54 Å². The van der Waals surface area contributed by atoms with Crippen LogP contribution in [-0.4, -0.2) is 29.7 Å². The molecule has 4 nitrogen and oxygen atoms in total. The Morgan fingerprint density at radius 2 is 1.74 bits per heavy atom. The first kappa shape index (κ1) is 15.0. The number of benzene rings is 1. The van der Waals surface area contributed by atoms with Gasteiger partial charge in [-0.3, -0.25) is 4.79 Å². The van der Waals surface area contributed by atoms with Gasteiger partial charge in [-0.05, 0) is 30.5 Å². The number of amides is 1. The second kappa shape index (κ2) is 6.21. The Morgan fingerprint density at radius 3 is 2.21 bits per heavy atom. The molecule has 0 unspecified atom stereocenters. The summed E-state index contributed by atoms with van der Waals surface area (Å²) in [6.45, 7) is -0.0843. The van der Waals surface area contributed by atoms with E-state index in [-0.39, 0.29) is 12.1 Å². The molecule has 1 rings (SSSR count). The van der Waals surface area contributed by atoms with E-state index in [4.69, 9.17) is 5.11 Å². The monoisotopic (exact) mass is 275 g/mol. The molecule has 1 aromatic carbocycles. The zero-order chi connectivity index (χ0) is 14.5. The molecule has 0 spiro atoms. The fraction of sp³-hybridized carbons (Fsp3) is 0.333. The van der Waals surface area contributed by atoms with Gasteiger partial charge in [-0.25, -0.2) is 4.79 Å². The normalized spacial score (nSPS) is 11.1. The minimum atomic E-state index is -4.86. The highest BCUT2D eigenvalue weighted by Gasteiger charge is 2.38. The molecular weight excluding hydrogens is 263 g/mol. The molecule has 19 heavy (non-hydrogen) atoms. The Morgan fingerprint density at radius 1 is 1.16 bits per heavy atom. The number of aromatic carboxylic acids is 1. The van der Waals surface area contributed by atoms with E-state index < -0.39 is 18.1 Å². The quantitative estimate of drug-likeness (QED) is 0.808. The molecule has 0 bridgehead atoms. The number of carboxylic acid groups (broad SMARTS) is 1. The van der Waals surface area contributed by atoms with Crippen molar-refractivity contribution in [3.63, 3.8) is 0 Å². The number of hydrogen-bond donors (Lipinski definition) is 2. The van der Waals surface area contributed by atoms with Crippen LogP contribution in [0, 0.1) is 0 Å². The molecule has 2 N–H and O–H groups in total. The molecule has 0 aliphatic carbocycles. The fourth-order valence-electron chi connectivity index (χ4n) is 1.41. The van der Waals surface area contributed by atoms with Crippen LogP contribution in [0.15, 0.2) is 24.3 Å². The molecule has 0 heterocycles. The fourth-order valence-corrected chi connectivity index (χ4v) is 1.41. The van der Waals surface area contributed by atoms with E-state index in [1.807, 2.05) is 0 Å². The number of carboxylic acids is 1. The highest BCUT2D eigenvalue weighted by molar-refractivity contribution is 5.87. The first-order chi connectivity index (χ1) is 8.80. The molecule has 0 radical (unpaired) electrons. The van der Waals surface area contributed by atoms with E-state index in [0.717, 1.165) is 5.56 Å². The Balaban J connectivity index is 2.34. The summed E-state index contributed by atoms with van der Waals surface area (Å²) in [5.41, 5.74) is 0.945. The minimum absolute atomic E-state index is 0.0843. The van der Waals surface area contributed by atoms with Crippen molar-refractivity contribution in [1.82, 2.24) is 5.32 Å². The van der Waals surface area contributed by atoms with Crippen LogP contribution >= 0.6 is 0 Å². The molecule has 1 amide bonds. The lowest BCUT2D eigenvalue weighted by Gasteiger charge is -2.07. The van der Waals surface area contributed by atoms with Crippen molar-refractivity contribution < 1.29 is 27.9 Å². The standard InChI is InChI=1S/C12H12F3NO3/c13-12(14,15)11(19)16-7-1-2-8-3-5-9(6-4-8)10(17)18/h3-6H,1-2,7H2,(H,16,19)(H,17,18). The van der Waals surface area contributed by atoms with Gasteiger partial charge in [0.2, 0.25) is 0 Å². The minimum Gasteiger partial charge on any atom is -0.478 e. The smallest absolute Gasteiger partial charge is 0.471 e. The molecule has 0 fully saturated rings. The van der Waals surface area contributed by atoms with Gasteiger partial charge >= 0.3 is 18.1 Å². The average molecular weight is 275 g/mol. The number of carbonyl (C=O) groups excluding carboxylic acids is 1. The predicted octanol–water partition coefficient (Wildman–Crippen LogP) is 2.00. The molecule has 0 saturated heterocycles. The lowest BCUT2D eigenvalue weighted by Crippen LogP contribution is -2.37. The summed E-state index contributed by atoms with van der Waals surface area (Å²) in [6.07, 6.45) is -4.06. The topological polar surface area (TPSA) is 66.4 Å². The van der Waals surface area contributed by atoms with Crippen LogP contribution in [-0.2, 0) is 11.2 Å². The van der Waals surface area contributed by atoms with Crippen LogP contribution in [0.25, 0.3) is 0 Å². The molecule has 1 aromatic rings. The van der Waals surface area contributed by atoms with E-state index in [0.29, 0.717) is 12.8 Å². The summed E-state index contributed by atoms with van der Waals surface area (Å²) < 4.78 is 35.6. The van der Waals surface area contributed by atoms with Crippen molar-refractivity contribution in [2.24, 2.45) is 0 Å². The summed E-state index contributed by atoms with van der Waals surface area (Å²) >= 11 is 0. The molecule has 0 aromatic heterocycles. The van der Waals surface area contributed by atoms with Gasteiger partial charge in [0.15, 0.2) is 0 Å². The van der Waals surface area contributed by atoms with Gasteiger partial charge in [0.1, 0.15) is 0 Å². The number of carbonyl (C=O) groups is 2. The second-order valence-corrected chi connectivity index (χ2v) is 3.86. The molecule has 7 heteroatoms. The van der Waals surface area contributed by atoms with E-state index in [2.05, 4.69) is 0 Å². The third kappa shape index (κ3) is 4.99. The maximum absolute atomic E-state index is 11.9. The predicted molar refractivity (Wildman–Crippen MR) is 60.8 cm³/mol. The van der Waals surface area contributed by atoms with Gasteiger partial charge in [-0.2, -0.15) is 13.2 Å². The van der Waals surface area contributed by atoms with Gasteiger partial charge < -0.3 is 10.4 Å². The zero-order valence-electron chi connectivity index (χ0n) is 9.83. The molecular formula is C12H12F3NO3. The first-order valence-electron chi connectivity index (χ1n) is 5.48. The van der Waals surface area contributed by atoms with Crippen LogP contribution in [0.2, 0.25) is 0 Å². The Hall–Kier alpha value is -2.05. The van der Waals surface area contributed by atoms with Gasteiger partial charge in [0.25, 0.3) is 0 Å². The van der Waals surface area contributed by atoms with E-state index in [1.54, 1.807) is 17.4 Å². The zero-order valence-corrected chi connectivity index (χ0v) is 9.83. The largest absolute Gasteiger partial charge is 0.478 e. The number of nitrogens with one attached hydrogen (secondary N) is 1. The van der Waals surface area contributed by atoms with Crippen LogP contribution in [0.5, 0.6) is 0 Å². The lowest BCUT2D eigenvalue weighted by molar-refractivity contribution is -0.173. The third-order valence-corrected chi connectivity index (χ3v) is 2.39. The van der Waals surface area contributed by atoms with Crippen LogP contribution in [0.3, 0.4) is 0 Å². The maximum Gasteiger partial charge on any atom is 0.471 e. The summed E-state index contributed by atoms with van der Waals surface area (Å²) in [5, 5.41) is 10.4. The van der Waals surface area contributed by atoms with E-state index in [1.165, 1.54) is 12.1 Å². The van der Waals surface area contributed by atoms with Gasteiger partial charge in [-0.15, -0.1) is 0 Å². The summed E-state index contributed by atoms with van der Waals surface area (Å²) in [7, 11) is 0. The highest BCUT2D eigenvalue weighted by atomic mass is 19.4.